The quantitative estimate of drug-likeness (QED) is 0.618. The fourth-order valence-electron chi connectivity index (χ4n) is 4.20. The summed E-state index contributed by atoms with van der Waals surface area (Å²) in [5.41, 5.74) is 2.19. The summed E-state index contributed by atoms with van der Waals surface area (Å²) < 4.78 is 33.1. The molecule has 7 nitrogen and oxygen atoms in total. The highest BCUT2D eigenvalue weighted by atomic mass is 32.2. The van der Waals surface area contributed by atoms with Crippen molar-refractivity contribution in [3.8, 4) is 0 Å². The maximum Gasteiger partial charge on any atom is 0.243 e. The highest BCUT2D eigenvalue weighted by Crippen LogP contribution is 2.19. The number of hydrogen-bond acceptors (Lipinski definition) is 6. The smallest absolute Gasteiger partial charge is 0.243 e. The molecule has 1 aromatic heterocycles. The van der Waals surface area contributed by atoms with Gasteiger partial charge < -0.3 is 9.64 Å². The molecule has 0 radical (unpaired) electrons. The van der Waals surface area contributed by atoms with Crippen LogP contribution in [0.25, 0.3) is 0 Å². The number of piperazine rings is 1. The molecule has 0 N–H and O–H groups in total. The van der Waals surface area contributed by atoms with Crippen molar-refractivity contribution in [3.63, 3.8) is 0 Å². The van der Waals surface area contributed by atoms with Crippen LogP contribution >= 0.6 is 0 Å². The average molecular weight is 445 g/mol. The van der Waals surface area contributed by atoms with Crippen LogP contribution < -0.4 is 0 Å². The first kappa shape index (κ1) is 22.4. The molecule has 168 valence electrons. The molecule has 1 aromatic carbocycles. The number of rotatable bonds is 8. The van der Waals surface area contributed by atoms with Gasteiger partial charge >= 0.3 is 0 Å². The first-order chi connectivity index (χ1) is 15.1. The lowest BCUT2D eigenvalue weighted by Gasteiger charge is -2.34. The molecule has 2 fully saturated rings. The van der Waals surface area contributed by atoms with E-state index in [1.165, 1.54) is 0 Å². The molecule has 3 heterocycles. The van der Waals surface area contributed by atoms with Crippen molar-refractivity contribution in [1.82, 2.24) is 19.1 Å². The molecule has 2 saturated heterocycles. The second-order valence-corrected chi connectivity index (χ2v) is 10.2. The number of hydrogen-bond donors (Lipinski definition) is 0. The van der Waals surface area contributed by atoms with Crippen LogP contribution in [-0.4, -0.2) is 93.1 Å². The minimum absolute atomic E-state index is 0.378. The Morgan fingerprint density at radius 1 is 0.839 bits per heavy atom. The van der Waals surface area contributed by atoms with Crippen LogP contribution in [0.5, 0.6) is 0 Å². The Kier molecular flexibility index (Phi) is 7.68. The van der Waals surface area contributed by atoms with E-state index in [0.29, 0.717) is 18.0 Å². The summed E-state index contributed by atoms with van der Waals surface area (Å²) in [5, 5.41) is 0. The van der Waals surface area contributed by atoms with E-state index in [9.17, 15) is 8.42 Å². The predicted octanol–water partition coefficient (Wildman–Crippen LogP) is 1.70. The zero-order chi connectivity index (χ0) is 21.5. The normalized spacial score (nSPS) is 19.5. The number of nitrogens with zero attached hydrogens (tertiary/aromatic N) is 4. The summed E-state index contributed by atoms with van der Waals surface area (Å²) in [7, 11) is -3.44. The molecule has 2 aliphatic heterocycles. The molecule has 0 unspecified atom stereocenters. The van der Waals surface area contributed by atoms with Gasteiger partial charge in [0.05, 0.1) is 18.1 Å². The molecular formula is C23H32N4O3S. The summed E-state index contributed by atoms with van der Waals surface area (Å²) in [6.45, 7) is 8.51. The SMILES string of the molecule is O=S(=O)(c1ccc(Cc2cccnc2)cc1)N1CCN(CCCN2CCOCC2)CC1. The van der Waals surface area contributed by atoms with Crippen molar-refractivity contribution >= 4 is 10.0 Å². The van der Waals surface area contributed by atoms with Crippen LogP contribution in [0.1, 0.15) is 17.5 Å². The lowest BCUT2D eigenvalue weighted by Crippen LogP contribution is -2.49. The molecular weight excluding hydrogens is 412 g/mol. The van der Waals surface area contributed by atoms with Crippen LogP contribution in [0.15, 0.2) is 53.7 Å². The fraction of sp³-hybridized carbons (Fsp3) is 0.522. The van der Waals surface area contributed by atoms with Crippen molar-refractivity contribution in [1.29, 1.82) is 0 Å². The monoisotopic (exact) mass is 444 g/mol. The molecule has 0 atom stereocenters. The maximum absolute atomic E-state index is 13.1. The number of benzene rings is 1. The molecule has 2 aliphatic rings. The molecule has 0 aliphatic carbocycles. The van der Waals surface area contributed by atoms with Crippen molar-refractivity contribution in [2.45, 2.75) is 17.7 Å². The Hall–Kier alpha value is -1.84. The van der Waals surface area contributed by atoms with E-state index in [-0.39, 0.29) is 0 Å². The zero-order valence-corrected chi connectivity index (χ0v) is 18.8. The maximum atomic E-state index is 13.1. The van der Waals surface area contributed by atoms with Crippen LogP contribution in [0.2, 0.25) is 0 Å². The zero-order valence-electron chi connectivity index (χ0n) is 18.0. The van der Waals surface area contributed by atoms with Crippen LogP contribution in [0, 0.1) is 0 Å². The van der Waals surface area contributed by atoms with E-state index < -0.39 is 10.0 Å². The van der Waals surface area contributed by atoms with Crippen molar-refractivity contribution < 1.29 is 13.2 Å². The minimum Gasteiger partial charge on any atom is -0.379 e. The standard InChI is InChI=1S/C23H32N4O3S/c28-31(29,23-6-4-21(5-7-23)19-22-3-1-8-24-20-22)27-13-11-25(12-14-27)9-2-10-26-15-17-30-18-16-26/h1,3-8,20H,2,9-19H2. The Bertz CT molecular complexity index is 908. The molecule has 0 amide bonds. The highest BCUT2D eigenvalue weighted by Gasteiger charge is 2.28. The van der Waals surface area contributed by atoms with Gasteiger partial charge in [-0.25, -0.2) is 8.42 Å². The van der Waals surface area contributed by atoms with Crippen LogP contribution in [-0.2, 0) is 21.2 Å². The molecule has 2 aromatic rings. The van der Waals surface area contributed by atoms with Crippen molar-refractivity contribution in [2.24, 2.45) is 0 Å². The van der Waals surface area contributed by atoms with Gasteiger partial charge in [-0.05, 0) is 55.3 Å². The Labute approximate surface area is 185 Å². The van der Waals surface area contributed by atoms with Gasteiger partial charge in [-0.2, -0.15) is 4.31 Å². The molecule has 0 bridgehead atoms. The Morgan fingerprint density at radius 3 is 2.16 bits per heavy atom. The lowest BCUT2D eigenvalue weighted by molar-refractivity contribution is 0.0356. The second kappa shape index (κ2) is 10.7. The Morgan fingerprint density at radius 2 is 1.52 bits per heavy atom. The fourth-order valence-corrected chi connectivity index (χ4v) is 5.63. The summed E-state index contributed by atoms with van der Waals surface area (Å²) in [6, 6.07) is 11.2. The topological polar surface area (TPSA) is 66.0 Å². The molecule has 31 heavy (non-hydrogen) atoms. The predicted molar refractivity (Wildman–Crippen MR) is 121 cm³/mol. The molecule has 4 rings (SSSR count). The van der Waals surface area contributed by atoms with Gasteiger partial charge in [0.15, 0.2) is 0 Å². The van der Waals surface area contributed by atoms with Gasteiger partial charge in [-0.3, -0.25) is 9.88 Å². The summed E-state index contributed by atoms with van der Waals surface area (Å²) in [5.74, 6) is 0. The highest BCUT2D eigenvalue weighted by molar-refractivity contribution is 7.89. The largest absolute Gasteiger partial charge is 0.379 e. The molecule has 0 spiro atoms. The van der Waals surface area contributed by atoms with E-state index in [1.54, 1.807) is 22.6 Å². The first-order valence-corrected chi connectivity index (χ1v) is 12.6. The first-order valence-electron chi connectivity index (χ1n) is 11.1. The average Bonchev–Trinajstić information content (AvgIpc) is 2.81. The molecule has 8 heteroatoms. The summed E-state index contributed by atoms with van der Waals surface area (Å²) in [4.78, 5) is 9.34. The van der Waals surface area contributed by atoms with E-state index in [2.05, 4.69) is 14.8 Å². The van der Waals surface area contributed by atoms with Crippen LogP contribution in [0.3, 0.4) is 0 Å². The van der Waals surface area contributed by atoms with Gasteiger partial charge in [0, 0.05) is 51.7 Å². The third-order valence-corrected chi connectivity index (χ3v) is 7.99. The van der Waals surface area contributed by atoms with Gasteiger partial charge in [0.25, 0.3) is 0 Å². The van der Waals surface area contributed by atoms with Gasteiger partial charge in [-0.1, -0.05) is 18.2 Å². The third kappa shape index (κ3) is 6.11. The van der Waals surface area contributed by atoms with E-state index in [0.717, 1.165) is 76.5 Å². The number of pyridine rings is 1. The van der Waals surface area contributed by atoms with Gasteiger partial charge in [0.1, 0.15) is 0 Å². The van der Waals surface area contributed by atoms with E-state index in [1.807, 2.05) is 30.5 Å². The Balaban J connectivity index is 1.25. The number of aromatic nitrogens is 1. The summed E-state index contributed by atoms with van der Waals surface area (Å²) in [6.07, 6.45) is 5.45. The number of sulfonamides is 1. The number of ether oxygens (including phenoxy) is 1. The van der Waals surface area contributed by atoms with Gasteiger partial charge in [-0.15, -0.1) is 0 Å². The van der Waals surface area contributed by atoms with E-state index >= 15 is 0 Å². The van der Waals surface area contributed by atoms with Gasteiger partial charge in [0.2, 0.25) is 10.0 Å². The summed E-state index contributed by atoms with van der Waals surface area (Å²) >= 11 is 0. The third-order valence-electron chi connectivity index (χ3n) is 6.08. The minimum atomic E-state index is -3.44. The second-order valence-electron chi connectivity index (χ2n) is 8.24. The van der Waals surface area contributed by atoms with Crippen molar-refractivity contribution in [3.05, 3.63) is 59.9 Å². The van der Waals surface area contributed by atoms with Crippen LogP contribution in [0.4, 0.5) is 0 Å². The lowest BCUT2D eigenvalue weighted by atomic mass is 10.1. The van der Waals surface area contributed by atoms with E-state index in [4.69, 9.17) is 4.74 Å². The van der Waals surface area contributed by atoms with Crippen molar-refractivity contribution in [2.75, 3.05) is 65.6 Å². The number of morpholine rings is 1. The molecule has 0 saturated carbocycles.